The second-order valence-electron chi connectivity index (χ2n) is 4.33. The quantitative estimate of drug-likeness (QED) is 0.795. The van der Waals surface area contributed by atoms with Crippen LogP contribution in [0, 0.1) is 0 Å². The van der Waals surface area contributed by atoms with Crippen LogP contribution in [0.1, 0.15) is 12.8 Å². The zero-order valence-electron chi connectivity index (χ0n) is 9.17. The molecule has 1 aliphatic rings. The van der Waals surface area contributed by atoms with Crippen molar-refractivity contribution in [3.63, 3.8) is 0 Å². The number of hydrogen-bond donors (Lipinski definition) is 3. The van der Waals surface area contributed by atoms with Crippen molar-refractivity contribution in [2.45, 2.75) is 18.4 Å². The third-order valence-electron chi connectivity index (χ3n) is 3.00. The summed E-state index contributed by atoms with van der Waals surface area (Å²) in [6.07, 6.45) is 1.63. The van der Waals surface area contributed by atoms with Crippen LogP contribution in [-0.4, -0.2) is 30.3 Å². The van der Waals surface area contributed by atoms with E-state index < -0.39 is 5.60 Å². The van der Waals surface area contributed by atoms with E-state index in [9.17, 15) is 5.11 Å². The topological polar surface area (TPSA) is 44.3 Å². The van der Waals surface area contributed by atoms with Gasteiger partial charge in [-0.15, -0.1) is 0 Å². The third kappa shape index (κ3) is 3.20. The van der Waals surface area contributed by atoms with Gasteiger partial charge in [-0.3, -0.25) is 0 Å². The molecule has 0 saturated carbocycles. The first-order chi connectivity index (χ1) is 7.68. The molecule has 1 saturated heterocycles. The molecular weight excluding hydrogens is 268 g/mol. The molecule has 1 fully saturated rings. The maximum absolute atomic E-state index is 10.3. The summed E-state index contributed by atoms with van der Waals surface area (Å²) in [6, 6.07) is 8.01. The minimum atomic E-state index is -0.557. The van der Waals surface area contributed by atoms with Crippen molar-refractivity contribution in [2.24, 2.45) is 0 Å². The Morgan fingerprint density at radius 3 is 2.50 bits per heavy atom. The lowest BCUT2D eigenvalue weighted by molar-refractivity contribution is 0.0232. The largest absolute Gasteiger partial charge is 0.388 e. The molecule has 1 heterocycles. The van der Waals surface area contributed by atoms with Crippen LogP contribution in [0.25, 0.3) is 0 Å². The molecule has 3 nitrogen and oxygen atoms in total. The molecule has 2 rings (SSSR count). The summed E-state index contributed by atoms with van der Waals surface area (Å²) in [5, 5.41) is 16.8. The van der Waals surface area contributed by atoms with Gasteiger partial charge in [0.2, 0.25) is 0 Å². The van der Waals surface area contributed by atoms with Gasteiger partial charge in [-0.25, -0.2) is 0 Å². The molecule has 1 aliphatic heterocycles. The van der Waals surface area contributed by atoms with Gasteiger partial charge in [0.25, 0.3) is 0 Å². The van der Waals surface area contributed by atoms with E-state index in [1.165, 1.54) is 0 Å². The summed E-state index contributed by atoms with van der Waals surface area (Å²) in [5.74, 6) is 0. The summed E-state index contributed by atoms with van der Waals surface area (Å²) in [6.45, 7) is 2.42. The highest BCUT2D eigenvalue weighted by molar-refractivity contribution is 9.10. The fraction of sp³-hybridized carbons (Fsp3) is 0.500. The predicted molar refractivity (Wildman–Crippen MR) is 69.7 cm³/mol. The van der Waals surface area contributed by atoms with E-state index in [1.807, 2.05) is 24.3 Å². The van der Waals surface area contributed by atoms with Gasteiger partial charge < -0.3 is 15.7 Å². The van der Waals surface area contributed by atoms with Crippen LogP contribution in [0.5, 0.6) is 0 Å². The van der Waals surface area contributed by atoms with Crippen LogP contribution < -0.4 is 10.6 Å². The molecule has 0 aromatic heterocycles. The minimum absolute atomic E-state index is 0.557. The molecule has 0 atom stereocenters. The Hall–Kier alpha value is -0.580. The fourth-order valence-electron chi connectivity index (χ4n) is 1.90. The zero-order chi connectivity index (χ0) is 11.4. The van der Waals surface area contributed by atoms with Crippen molar-refractivity contribution in [3.8, 4) is 0 Å². The normalized spacial score (nSPS) is 19.4. The van der Waals surface area contributed by atoms with Crippen molar-refractivity contribution in [1.82, 2.24) is 5.32 Å². The van der Waals surface area contributed by atoms with Crippen LogP contribution in [-0.2, 0) is 0 Å². The van der Waals surface area contributed by atoms with Crippen LogP contribution in [0.2, 0.25) is 0 Å². The number of benzene rings is 1. The molecule has 0 unspecified atom stereocenters. The van der Waals surface area contributed by atoms with Gasteiger partial charge in [-0.1, -0.05) is 15.9 Å². The Labute approximate surface area is 104 Å². The van der Waals surface area contributed by atoms with E-state index in [4.69, 9.17) is 0 Å². The monoisotopic (exact) mass is 284 g/mol. The molecule has 88 valence electrons. The zero-order valence-corrected chi connectivity index (χ0v) is 10.8. The number of halogens is 1. The molecular formula is C12H17BrN2O. The molecule has 16 heavy (non-hydrogen) atoms. The molecule has 1 aromatic rings. The Morgan fingerprint density at radius 2 is 1.88 bits per heavy atom. The molecule has 0 spiro atoms. The Balaban J connectivity index is 1.88. The van der Waals surface area contributed by atoms with E-state index in [1.54, 1.807) is 0 Å². The van der Waals surface area contributed by atoms with Gasteiger partial charge in [-0.2, -0.15) is 0 Å². The van der Waals surface area contributed by atoms with Crippen LogP contribution in [0.4, 0.5) is 5.69 Å². The lowest BCUT2D eigenvalue weighted by atomic mass is 9.92. The highest BCUT2D eigenvalue weighted by Crippen LogP contribution is 2.20. The molecule has 1 aromatic carbocycles. The van der Waals surface area contributed by atoms with Gasteiger partial charge in [0, 0.05) is 16.7 Å². The second kappa shape index (κ2) is 5.17. The number of nitrogens with one attached hydrogen (secondary N) is 2. The summed E-state index contributed by atoms with van der Waals surface area (Å²) < 4.78 is 1.07. The van der Waals surface area contributed by atoms with Crippen molar-refractivity contribution in [3.05, 3.63) is 28.7 Å². The lowest BCUT2D eigenvalue weighted by Crippen LogP contribution is -2.46. The lowest BCUT2D eigenvalue weighted by Gasteiger charge is -2.33. The third-order valence-corrected chi connectivity index (χ3v) is 3.53. The number of aliphatic hydroxyl groups is 1. The van der Waals surface area contributed by atoms with Gasteiger partial charge >= 0.3 is 0 Å². The average molecular weight is 285 g/mol. The van der Waals surface area contributed by atoms with Crippen LogP contribution >= 0.6 is 15.9 Å². The Bertz CT molecular complexity index is 333. The van der Waals surface area contributed by atoms with E-state index in [0.717, 1.165) is 36.1 Å². The first-order valence-corrected chi connectivity index (χ1v) is 6.40. The van der Waals surface area contributed by atoms with E-state index in [0.29, 0.717) is 6.54 Å². The maximum Gasteiger partial charge on any atom is 0.0843 e. The first kappa shape index (κ1) is 11.9. The van der Waals surface area contributed by atoms with Crippen molar-refractivity contribution >= 4 is 21.6 Å². The molecule has 3 N–H and O–H groups in total. The summed E-state index contributed by atoms with van der Waals surface area (Å²) in [4.78, 5) is 0. The van der Waals surface area contributed by atoms with Crippen LogP contribution in [0.3, 0.4) is 0 Å². The highest BCUT2D eigenvalue weighted by atomic mass is 79.9. The van der Waals surface area contributed by atoms with Crippen LogP contribution in [0.15, 0.2) is 28.7 Å². The number of anilines is 1. The summed E-state index contributed by atoms with van der Waals surface area (Å²) in [7, 11) is 0. The fourth-order valence-corrected chi connectivity index (χ4v) is 2.17. The number of rotatable bonds is 3. The number of hydrogen-bond acceptors (Lipinski definition) is 3. The van der Waals surface area contributed by atoms with Gasteiger partial charge in [0.1, 0.15) is 0 Å². The molecule has 0 radical (unpaired) electrons. The van der Waals surface area contributed by atoms with E-state index in [2.05, 4.69) is 26.6 Å². The number of piperidine rings is 1. The van der Waals surface area contributed by atoms with Gasteiger partial charge in [0.05, 0.1) is 5.60 Å². The molecule has 0 bridgehead atoms. The Morgan fingerprint density at radius 1 is 1.25 bits per heavy atom. The average Bonchev–Trinajstić information content (AvgIpc) is 2.29. The second-order valence-corrected chi connectivity index (χ2v) is 5.25. The van der Waals surface area contributed by atoms with Crippen molar-refractivity contribution < 1.29 is 5.11 Å². The molecule has 0 amide bonds. The standard InChI is InChI=1S/C12H17BrN2O/c13-10-1-3-11(4-2-10)15-9-12(16)5-7-14-8-6-12/h1-4,14-16H,5-9H2. The minimum Gasteiger partial charge on any atom is -0.388 e. The first-order valence-electron chi connectivity index (χ1n) is 5.61. The van der Waals surface area contributed by atoms with Gasteiger partial charge in [0.15, 0.2) is 0 Å². The van der Waals surface area contributed by atoms with Crippen molar-refractivity contribution in [2.75, 3.05) is 25.0 Å². The Kier molecular flexibility index (Phi) is 3.84. The molecule has 4 heteroatoms. The van der Waals surface area contributed by atoms with Gasteiger partial charge in [-0.05, 0) is 50.2 Å². The maximum atomic E-state index is 10.3. The van der Waals surface area contributed by atoms with Crippen molar-refractivity contribution in [1.29, 1.82) is 0 Å². The van der Waals surface area contributed by atoms with E-state index >= 15 is 0 Å². The van der Waals surface area contributed by atoms with E-state index in [-0.39, 0.29) is 0 Å². The summed E-state index contributed by atoms with van der Waals surface area (Å²) in [5.41, 5.74) is 0.494. The smallest absolute Gasteiger partial charge is 0.0843 e. The summed E-state index contributed by atoms with van der Waals surface area (Å²) >= 11 is 3.40. The predicted octanol–water partition coefficient (Wildman–Crippen LogP) is 1.98. The SMILES string of the molecule is OC1(CNc2ccc(Br)cc2)CCNCC1. The molecule has 0 aliphatic carbocycles. The highest BCUT2D eigenvalue weighted by Gasteiger charge is 2.28.